The van der Waals surface area contributed by atoms with Gasteiger partial charge in [-0.05, 0) is 37.0 Å². The van der Waals surface area contributed by atoms with Gasteiger partial charge in [-0.25, -0.2) is 4.79 Å². The molecule has 0 heterocycles. The normalized spacial score (nSPS) is 10.2. The van der Waals surface area contributed by atoms with Crippen molar-refractivity contribution in [3.05, 3.63) is 71.8 Å². The first-order valence-corrected chi connectivity index (χ1v) is 8.17. The number of ether oxygens (including phenoxy) is 2. The van der Waals surface area contributed by atoms with Gasteiger partial charge in [-0.3, -0.25) is 4.79 Å². The summed E-state index contributed by atoms with van der Waals surface area (Å²) >= 11 is 0. The van der Waals surface area contributed by atoms with Gasteiger partial charge >= 0.3 is 11.9 Å². The minimum absolute atomic E-state index is 0.194. The summed E-state index contributed by atoms with van der Waals surface area (Å²) in [6, 6.07) is 18.5. The predicted molar refractivity (Wildman–Crippen MR) is 91.4 cm³/mol. The fraction of sp³-hybridized carbons (Fsp3) is 0.300. The second-order valence-electron chi connectivity index (χ2n) is 5.46. The van der Waals surface area contributed by atoms with Gasteiger partial charge in [0.25, 0.3) is 0 Å². The van der Waals surface area contributed by atoms with Gasteiger partial charge in [-0.15, -0.1) is 0 Å². The van der Waals surface area contributed by atoms with Crippen molar-refractivity contribution in [1.29, 1.82) is 0 Å². The molecule has 0 fully saturated rings. The Balaban J connectivity index is 1.50. The van der Waals surface area contributed by atoms with Crippen LogP contribution in [0.15, 0.2) is 60.7 Å². The van der Waals surface area contributed by atoms with Crippen molar-refractivity contribution in [1.82, 2.24) is 0 Å². The SMILES string of the molecule is O=C(CCCCCOC(=O)c1ccccc1)OCc1ccccc1. The van der Waals surface area contributed by atoms with Crippen LogP contribution in [0.25, 0.3) is 0 Å². The highest BCUT2D eigenvalue weighted by molar-refractivity contribution is 5.89. The average Bonchev–Trinajstić information content (AvgIpc) is 2.64. The number of hydrogen-bond acceptors (Lipinski definition) is 4. The van der Waals surface area contributed by atoms with Crippen molar-refractivity contribution in [2.75, 3.05) is 6.61 Å². The Labute approximate surface area is 142 Å². The molecule has 2 aromatic carbocycles. The Bertz CT molecular complexity index is 623. The predicted octanol–water partition coefficient (Wildman–Crippen LogP) is 4.15. The van der Waals surface area contributed by atoms with E-state index in [4.69, 9.17) is 9.47 Å². The van der Waals surface area contributed by atoms with Gasteiger partial charge in [-0.1, -0.05) is 48.5 Å². The number of carbonyl (C=O) groups is 2. The quantitative estimate of drug-likeness (QED) is 0.513. The van der Waals surface area contributed by atoms with E-state index in [9.17, 15) is 9.59 Å². The van der Waals surface area contributed by atoms with E-state index in [1.807, 2.05) is 36.4 Å². The highest BCUT2D eigenvalue weighted by Crippen LogP contribution is 2.06. The zero-order chi connectivity index (χ0) is 17.0. The monoisotopic (exact) mass is 326 g/mol. The van der Waals surface area contributed by atoms with Crippen LogP contribution in [-0.4, -0.2) is 18.5 Å². The lowest BCUT2D eigenvalue weighted by Crippen LogP contribution is -2.07. The summed E-state index contributed by atoms with van der Waals surface area (Å²) in [5.74, 6) is -0.502. The highest BCUT2D eigenvalue weighted by Gasteiger charge is 2.06. The molecule has 0 aliphatic carbocycles. The van der Waals surface area contributed by atoms with E-state index >= 15 is 0 Å². The molecule has 4 heteroatoms. The van der Waals surface area contributed by atoms with E-state index in [2.05, 4.69) is 0 Å². The summed E-state index contributed by atoms with van der Waals surface area (Å²) in [4.78, 5) is 23.3. The molecule has 0 N–H and O–H groups in total. The van der Waals surface area contributed by atoms with E-state index < -0.39 is 0 Å². The van der Waals surface area contributed by atoms with Gasteiger partial charge in [0.1, 0.15) is 6.61 Å². The summed E-state index contributed by atoms with van der Waals surface area (Å²) in [5, 5.41) is 0. The molecule has 0 bridgehead atoms. The van der Waals surface area contributed by atoms with E-state index in [0.717, 1.165) is 24.8 Å². The van der Waals surface area contributed by atoms with E-state index in [1.54, 1.807) is 24.3 Å². The van der Waals surface area contributed by atoms with Gasteiger partial charge < -0.3 is 9.47 Å². The third-order valence-electron chi connectivity index (χ3n) is 3.51. The molecule has 0 aliphatic heterocycles. The molecule has 0 unspecified atom stereocenters. The van der Waals surface area contributed by atoms with Crippen LogP contribution in [0, 0.1) is 0 Å². The Hall–Kier alpha value is -2.62. The number of hydrogen-bond donors (Lipinski definition) is 0. The number of esters is 2. The van der Waals surface area contributed by atoms with Gasteiger partial charge in [0.2, 0.25) is 0 Å². The maximum atomic E-state index is 11.7. The molecule has 0 radical (unpaired) electrons. The van der Waals surface area contributed by atoms with Crippen LogP contribution < -0.4 is 0 Å². The summed E-state index contributed by atoms with van der Waals surface area (Å²) in [7, 11) is 0. The lowest BCUT2D eigenvalue weighted by atomic mass is 10.2. The van der Waals surface area contributed by atoms with E-state index in [-0.39, 0.29) is 11.9 Å². The van der Waals surface area contributed by atoms with Crippen molar-refractivity contribution in [3.8, 4) is 0 Å². The first-order valence-electron chi connectivity index (χ1n) is 8.17. The number of carbonyl (C=O) groups excluding carboxylic acids is 2. The van der Waals surface area contributed by atoms with Crippen LogP contribution in [0.3, 0.4) is 0 Å². The van der Waals surface area contributed by atoms with Crippen molar-refractivity contribution >= 4 is 11.9 Å². The molecule has 0 aliphatic rings. The lowest BCUT2D eigenvalue weighted by molar-refractivity contribution is -0.145. The van der Waals surface area contributed by atoms with E-state index in [0.29, 0.717) is 25.2 Å². The molecule has 0 atom stereocenters. The zero-order valence-corrected chi connectivity index (χ0v) is 13.6. The van der Waals surface area contributed by atoms with Crippen LogP contribution >= 0.6 is 0 Å². The second kappa shape index (κ2) is 10.2. The zero-order valence-electron chi connectivity index (χ0n) is 13.6. The van der Waals surface area contributed by atoms with Crippen LogP contribution in [0.4, 0.5) is 0 Å². The molecule has 24 heavy (non-hydrogen) atoms. The Morgan fingerprint density at radius 3 is 2.12 bits per heavy atom. The first-order chi connectivity index (χ1) is 11.8. The van der Waals surface area contributed by atoms with Crippen LogP contribution in [0.5, 0.6) is 0 Å². The molecule has 0 aromatic heterocycles. The standard InChI is InChI=1S/C20H22O4/c21-19(24-16-17-10-4-1-5-11-17)14-8-3-9-15-23-20(22)18-12-6-2-7-13-18/h1-2,4-7,10-13H,3,8-9,14-16H2. The molecule has 126 valence electrons. The number of unbranched alkanes of at least 4 members (excludes halogenated alkanes) is 2. The van der Waals surface area contributed by atoms with Crippen molar-refractivity contribution in [2.24, 2.45) is 0 Å². The summed E-state index contributed by atoms with van der Waals surface area (Å²) in [5.41, 5.74) is 1.54. The molecule has 0 saturated carbocycles. The fourth-order valence-corrected chi connectivity index (χ4v) is 2.18. The minimum atomic E-state index is -0.308. The highest BCUT2D eigenvalue weighted by atomic mass is 16.5. The molecule has 0 amide bonds. The Morgan fingerprint density at radius 1 is 0.750 bits per heavy atom. The van der Waals surface area contributed by atoms with Gasteiger partial charge in [0.15, 0.2) is 0 Å². The smallest absolute Gasteiger partial charge is 0.338 e. The molecule has 0 saturated heterocycles. The summed E-state index contributed by atoms with van der Waals surface area (Å²) in [6.45, 7) is 0.682. The second-order valence-corrected chi connectivity index (χ2v) is 5.46. The molecule has 2 aromatic rings. The molecular weight excluding hydrogens is 304 g/mol. The third-order valence-corrected chi connectivity index (χ3v) is 3.51. The number of benzene rings is 2. The van der Waals surface area contributed by atoms with Gasteiger partial charge in [0.05, 0.1) is 12.2 Å². The van der Waals surface area contributed by atoms with Crippen molar-refractivity contribution in [2.45, 2.75) is 32.3 Å². The van der Waals surface area contributed by atoms with E-state index in [1.165, 1.54) is 0 Å². The first kappa shape index (κ1) is 17.7. The van der Waals surface area contributed by atoms with Crippen LogP contribution in [0.1, 0.15) is 41.6 Å². The molecule has 0 spiro atoms. The Morgan fingerprint density at radius 2 is 1.42 bits per heavy atom. The van der Waals surface area contributed by atoms with Crippen molar-refractivity contribution in [3.63, 3.8) is 0 Å². The van der Waals surface area contributed by atoms with Crippen LogP contribution in [-0.2, 0) is 20.9 Å². The molecular formula is C20H22O4. The molecule has 2 rings (SSSR count). The maximum absolute atomic E-state index is 11.7. The summed E-state index contributed by atoms with van der Waals surface area (Å²) in [6.07, 6.45) is 2.68. The minimum Gasteiger partial charge on any atom is -0.462 e. The largest absolute Gasteiger partial charge is 0.462 e. The average molecular weight is 326 g/mol. The maximum Gasteiger partial charge on any atom is 0.338 e. The van der Waals surface area contributed by atoms with Crippen molar-refractivity contribution < 1.29 is 19.1 Å². The summed E-state index contributed by atoms with van der Waals surface area (Å²) < 4.78 is 10.4. The number of rotatable bonds is 9. The topological polar surface area (TPSA) is 52.6 Å². The molecule has 4 nitrogen and oxygen atoms in total. The fourth-order valence-electron chi connectivity index (χ4n) is 2.18. The van der Waals surface area contributed by atoms with Gasteiger partial charge in [0, 0.05) is 6.42 Å². The third kappa shape index (κ3) is 6.65. The lowest BCUT2D eigenvalue weighted by Gasteiger charge is -2.06. The van der Waals surface area contributed by atoms with Gasteiger partial charge in [-0.2, -0.15) is 0 Å². The Kier molecular flexibility index (Phi) is 7.54. The van der Waals surface area contributed by atoms with Crippen LogP contribution in [0.2, 0.25) is 0 Å².